The Balaban J connectivity index is 1.82. The van der Waals surface area contributed by atoms with E-state index in [1.165, 1.54) is 38.5 Å². The second kappa shape index (κ2) is 3.97. The standard InChI is InChI=1S/C11H22N2/c12-7-8-1-2-9(5-8)10-3-4-11(13)6-10/h8-11H,1-7,12-13H2. The lowest BCUT2D eigenvalue weighted by Gasteiger charge is -2.18. The third-order valence-corrected chi connectivity index (χ3v) is 4.10. The Morgan fingerprint density at radius 3 is 2.15 bits per heavy atom. The van der Waals surface area contributed by atoms with Crippen LogP contribution in [0.2, 0.25) is 0 Å². The van der Waals surface area contributed by atoms with Crippen molar-refractivity contribution in [3.63, 3.8) is 0 Å². The molecule has 0 aliphatic heterocycles. The van der Waals surface area contributed by atoms with Gasteiger partial charge >= 0.3 is 0 Å². The maximum absolute atomic E-state index is 5.94. The van der Waals surface area contributed by atoms with Gasteiger partial charge in [-0.2, -0.15) is 0 Å². The molecule has 2 aliphatic carbocycles. The van der Waals surface area contributed by atoms with Gasteiger partial charge in [-0.3, -0.25) is 0 Å². The first-order valence-corrected chi connectivity index (χ1v) is 5.75. The number of hydrogen-bond donors (Lipinski definition) is 2. The molecule has 0 aromatic rings. The Hall–Kier alpha value is -0.0800. The van der Waals surface area contributed by atoms with Crippen LogP contribution < -0.4 is 11.5 Å². The number of nitrogens with two attached hydrogens (primary N) is 2. The van der Waals surface area contributed by atoms with Crippen molar-refractivity contribution in [2.24, 2.45) is 29.2 Å². The van der Waals surface area contributed by atoms with Gasteiger partial charge in [-0.25, -0.2) is 0 Å². The van der Waals surface area contributed by atoms with E-state index in [4.69, 9.17) is 11.5 Å². The molecule has 2 fully saturated rings. The van der Waals surface area contributed by atoms with E-state index in [1.54, 1.807) is 0 Å². The highest BCUT2D eigenvalue weighted by molar-refractivity contribution is 4.87. The molecule has 2 heteroatoms. The summed E-state index contributed by atoms with van der Waals surface area (Å²) in [6.45, 7) is 0.898. The Kier molecular flexibility index (Phi) is 2.89. The smallest absolute Gasteiger partial charge is 0.00416 e. The van der Waals surface area contributed by atoms with E-state index < -0.39 is 0 Å². The summed E-state index contributed by atoms with van der Waals surface area (Å²) in [5.74, 6) is 2.72. The minimum absolute atomic E-state index is 0.502. The van der Waals surface area contributed by atoms with Crippen molar-refractivity contribution < 1.29 is 0 Å². The minimum atomic E-state index is 0.502. The van der Waals surface area contributed by atoms with Crippen molar-refractivity contribution in [2.45, 2.75) is 44.6 Å². The molecule has 4 unspecified atom stereocenters. The molecule has 4 N–H and O–H groups in total. The first-order chi connectivity index (χ1) is 6.29. The molecule has 0 heterocycles. The van der Waals surface area contributed by atoms with E-state index >= 15 is 0 Å². The fourth-order valence-corrected chi connectivity index (χ4v) is 3.24. The molecule has 2 nitrogen and oxygen atoms in total. The maximum Gasteiger partial charge on any atom is 0.00416 e. The molecule has 2 saturated carbocycles. The second-order valence-corrected chi connectivity index (χ2v) is 5.01. The molecule has 2 aliphatic rings. The molecule has 0 radical (unpaired) electrons. The quantitative estimate of drug-likeness (QED) is 0.680. The highest BCUT2D eigenvalue weighted by Gasteiger charge is 2.33. The average molecular weight is 182 g/mol. The maximum atomic E-state index is 5.94. The second-order valence-electron chi connectivity index (χ2n) is 5.01. The molecule has 2 rings (SSSR count). The van der Waals surface area contributed by atoms with Crippen LogP contribution in [-0.2, 0) is 0 Å². The largest absolute Gasteiger partial charge is 0.330 e. The molecule has 76 valence electrons. The highest BCUT2D eigenvalue weighted by Crippen LogP contribution is 2.41. The van der Waals surface area contributed by atoms with Gasteiger partial charge in [0.1, 0.15) is 0 Å². The Morgan fingerprint density at radius 1 is 0.923 bits per heavy atom. The summed E-state index contributed by atoms with van der Waals surface area (Å²) in [6.07, 6.45) is 8.08. The summed E-state index contributed by atoms with van der Waals surface area (Å²) in [6, 6.07) is 0.502. The van der Waals surface area contributed by atoms with Gasteiger partial charge in [0.2, 0.25) is 0 Å². The SMILES string of the molecule is NCC1CCC(C2CCC(N)C2)C1. The van der Waals surface area contributed by atoms with E-state index in [-0.39, 0.29) is 0 Å². The van der Waals surface area contributed by atoms with Crippen molar-refractivity contribution >= 4 is 0 Å². The zero-order valence-electron chi connectivity index (χ0n) is 8.41. The molecule has 0 aromatic carbocycles. The predicted octanol–water partition coefficient (Wildman–Crippen LogP) is 1.49. The van der Waals surface area contributed by atoms with Crippen molar-refractivity contribution in [1.82, 2.24) is 0 Å². The Labute approximate surface area is 81.1 Å². The van der Waals surface area contributed by atoms with Gasteiger partial charge in [0.25, 0.3) is 0 Å². The van der Waals surface area contributed by atoms with Crippen molar-refractivity contribution in [3.8, 4) is 0 Å². The third-order valence-electron chi connectivity index (χ3n) is 4.10. The number of hydrogen-bond acceptors (Lipinski definition) is 2. The van der Waals surface area contributed by atoms with E-state index in [0.29, 0.717) is 6.04 Å². The average Bonchev–Trinajstić information content (AvgIpc) is 2.71. The zero-order valence-corrected chi connectivity index (χ0v) is 8.41. The molecule has 0 saturated heterocycles. The van der Waals surface area contributed by atoms with Crippen LogP contribution in [0.15, 0.2) is 0 Å². The lowest BCUT2D eigenvalue weighted by Crippen LogP contribution is -2.17. The van der Waals surface area contributed by atoms with Crippen LogP contribution in [0.1, 0.15) is 38.5 Å². The fourth-order valence-electron chi connectivity index (χ4n) is 3.24. The summed E-state index contributed by atoms with van der Waals surface area (Å²) in [5, 5.41) is 0. The van der Waals surface area contributed by atoms with Crippen LogP contribution >= 0.6 is 0 Å². The van der Waals surface area contributed by atoms with Crippen LogP contribution in [0, 0.1) is 17.8 Å². The molecule has 0 amide bonds. The van der Waals surface area contributed by atoms with Crippen LogP contribution in [-0.4, -0.2) is 12.6 Å². The van der Waals surface area contributed by atoms with Gasteiger partial charge in [-0.15, -0.1) is 0 Å². The molecule has 0 bridgehead atoms. The van der Waals surface area contributed by atoms with Crippen LogP contribution in [0.3, 0.4) is 0 Å². The summed E-state index contributed by atoms with van der Waals surface area (Å²) >= 11 is 0. The first kappa shape index (κ1) is 9.47. The fraction of sp³-hybridized carbons (Fsp3) is 1.00. The van der Waals surface area contributed by atoms with Crippen molar-refractivity contribution in [1.29, 1.82) is 0 Å². The summed E-state index contributed by atoms with van der Waals surface area (Å²) in [4.78, 5) is 0. The van der Waals surface area contributed by atoms with Crippen LogP contribution in [0.25, 0.3) is 0 Å². The first-order valence-electron chi connectivity index (χ1n) is 5.75. The minimum Gasteiger partial charge on any atom is -0.330 e. The summed E-state index contributed by atoms with van der Waals surface area (Å²) in [5.41, 5.74) is 11.6. The monoisotopic (exact) mass is 182 g/mol. The topological polar surface area (TPSA) is 52.0 Å². The van der Waals surface area contributed by atoms with E-state index in [0.717, 1.165) is 24.3 Å². The van der Waals surface area contributed by atoms with E-state index in [1.807, 2.05) is 0 Å². The lowest BCUT2D eigenvalue weighted by atomic mass is 9.88. The predicted molar refractivity (Wildman–Crippen MR) is 55.2 cm³/mol. The van der Waals surface area contributed by atoms with Gasteiger partial charge in [-0.1, -0.05) is 0 Å². The molecule has 13 heavy (non-hydrogen) atoms. The zero-order chi connectivity index (χ0) is 9.26. The van der Waals surface area contributed by atoms with Gasteiger partial charge in [0.15, 0.2) is 0 Å². The van der Waals surface area contributed by atoms with Crippen LogP contribution in [0.4, 0.5) is 0 Å². The normalized spacial score (nSPS) is 45.7. The molecule has 4 atom stereocenters. The number of rotatable bonds is 2. The van der Waals surface area contributed by atoms with E-state index in [2.05, 4.69) is 0 Å². The van der Waals surface area contributed by atoms with Crippen LogP contribution in [0.5, 0.6) is 0 Å². The molecule has 0 aromatic heterocycles. The lowest BCUT2D eigenvalue weighted by molar-refractivity contribution is 0.333. The van der Waals surface area contributed by atoms with Gasteiger partial charge in [0, 0.05) is 6.04 Å². The summed E-state index contributed by atoms with van der Waals surface area (Å²) in [7, 11) is 0. The van der Waals surface area contributed by atoms with Crippen molar-refractivity contribution in [3.05, 3.63) is 0 Å². The van der Waals surface area contributed by atoms with Crippen molar-refractivity contribution in [2.75, 3.05) is 6.54 Å². The van der Waals surface area contributed by atoms with Gasteiger partial charge < -0.3 is 11.5 Å². The van der Waals surface area contributed by atoms with Gasteiger partial charge in [-0.05, 0) is 62.8 Å². The molecular formula is C11H22N2. The highest BCUT2D eigenvalue weighted by atomic mass is 14.7. The van der Waals surface area contributed by atoms with Gasteiger partial charge in [0.05, 0.1) is 0 Å². The molecular weight excluding hydrogens is 160 g/mol. The van der Waals surface area contributed by atoms with E-state index in [9.17, 15) is 0 Å². The Morgan fingerprint density at radius 2 is 1.62 bits per heavy atom. The Bertz CT molecular complexity index is 169. The third kappa shape index (κ3) is 2.05. The molecule has 0 spiro atoms. The summed E-state index contributed by atoms with van der Waals surface area (Å²) < 4.78 is 0.